The minimum absolute atomic E-state index is 0.155. The number of hydrogen-bond acceptors (Lipinski definition) is 7. The molecule has 1 aliphatic heterocycles. The van der Waals surface area contributed by atoms with Crippen LogP contribution in [0.3, 0.4) is 0 Å². The molecular formula is C23H25ClN8O. The third-order valence-electron chi connectivity index (χ3n) is 5.98. The Balaban J connectivity index is 1.41. The predicted molar refractivity (Wildman–Crippen MR) is 127 cm³/mol. The SMILES string of the molecule is Cc1cnc(Nc2ccnn2C)nc1-c1cc2n(c1)C(O)N([C@H](CN)c1cccc(Cl)c1)C2. The summed E-state index contributed by atoms with van der Waals surface area (Å²) >= 11 is 6.18. The number of anilines is 2. The maximum absolute atomic E-state index is 11.1. The van der Waals surface area contributed by atoms with Crippen LogP contribution in [0.1, 0.15) is 29.2 Å². The molecule has 3 aromatic heterocycles. The second-order valence-corrected chi connectivity index (χ2v) is 8.58. The van der Waals surface area contributed by atoms with Crippen LogP contribution < -0.4 is 11.1 Å². The molecule has 4 N–H and O–H groups in total. The molecule has 33 heavy (non-hydrogen) atoms. The first-order chi connectivity index (χ1) is 15.9. The molecule has 170 valence electrons. The third-order valence-corrected chi connectivity index (χ3v) is 6.22. The summed E-state index contributed by atoms with van der Waals surface area (Å²) in [6, 6.07) is 11.4. The van der Waals surface area contributed by atoms with Crippen LogP contribution in [-0.2, 0) is 13.6 Å². The average molecular weight is 465 g/mol. The number of halogens is 1. The highest BCUT2D eigenvalue weighted by Crippen LogP contribution is 2.37. The van der Waals surface area contributed by atoms with Gasteiger partial charge in [0.15, 0.2) is 6.35 Å². The molecule has 2 atom stereocenters. The summed E-state index contributed by atoms with van der Waals surface area (Å²) in [6.07, 6.45) is 4.58. The van der Waals surface area contributed by atoms with Crippen molar-refractivity contribution in [2.45, 2.75) is 25.9 Å². The zero-order valence-electron chi connectivity index (χ0n) is 18.4. The van der Waals surface area contributed by atoms with Crippen LogP contribution in [-0.4, -0.2) is 40.9 Å². The van der Waals surface area contributed by atoms with Gasteiger partial charge in [0.2, 0.25) is 5.95 Å². The van der Waals surface area contributed by atoms with Crippen LogP contribution >= 0.6 is 11.6 Å². The first-order valence-electron chi connectivity index (χ1n) is 10.6. The number of aliphatic hydroxyl groups excluding tert-OH is 1. The Kier molecular flexibility index (Phi) is 5.63. The molecule has 0 saturated heterocycles. The van der Waals surface area contributed by atoms with E-state index < -0.39 is 6.35 Å². The van der Waals surface area contributed by atoms with Crippen molar-refractivity contribution in [3.05, 3.63) is 76.8 Å². The number of fused-ring (bicyclic) bond motifs is 1. The summed E-state index contributed by atoms with van der Waals surface area (Å²) in [6.45, 7) is 2.89. The summed E-state index contributed by atoms with van der Waals surface area (Å²) in [5.41, 5.74) is 10.7. The molecule has 0 spiro atoms. The smallest absolute Gasteiger partial charge is 0.228 e. The van der Waals surface area contributed by atoms with E-state index in [0.29, 0.717) is 24.1 Å². The molecule has 1 aliphatic rings. The Bertz CT molecular complexity index is 1300. The predicted octanol–water partition coefficient (Wildman–Crippen LogP) is 3.35. The van der Waals surface area contributed by atoms with Crippen molar-refractivity contribution >= 4 is 23.4 Å². The molecule has 4 heterocycles. The quantitative estimate of drug-likeness (QED) is 0.401. The van der Waals surface area contributed by atoms with E-state index in [9.17, 15) is 5.11 Å². The molecule has 0 fully saturated rings. The standard InChI is InChI=1S/C23H25ClN8O/c1-14-11-26-22(28-20-6-7-27-30(20)2)29-21(14)16-9-18-13-32(23(33)31(18)12-16)19(10-25)15-4-3-5-17(24)8-15/h3-9,11-12,19,23,33H,10,13,25H2,1-2H3,(H,26,28,29)/t19-,23?/m1/s1. The second-order valence-electron chi connectivity index (χ2n) is 8.14. The summed E-state index contributed by atoms with van der Waals surface area (Å²) in [4.78, 5) is 11.1. The number of aliphatic hydroxyl groups is 1. The fourth-order valence-corrected chi connectivity index (χ4v) is 4.48. The Morgan fingerprint density at radius 3 is 2.85 bits per heavy atom. The van der Waals surface area contributed by atoms with Gasteiger partial charge in [-0.05, 0) is 36.2 Å². The molecule has 0 aliphatic carbocycles. The maximum Gasteiger partial charge on any atom is 0.228 e. The molecule has 10 heteroatoms. The molecule has 0 amide bonds. The van der Waals surface area contributed by atoms with Gasteiger partial charge in [-0.2, -0.15) is 5.10 Å². The van der Waals surface area contributed by atoms with Crippen molar-refractivity contribution in [1.29, 1.82) is 0 Å². The number of aryl methyl sites for hydroxylation is 2. The number of nitrogens with zero attached hydrogens (tertiary/aromatic N) is 6. The highest BCUT2D eigenvalue weighted by molar-refractivity contribution is 6.30. The van der Waals surface area contributed by atoms with E-state index in [-0.39, 0.29) is 6.04 Å². The number of nitrogens with two attached hydrogens (primary N) is 1. The lowest BCUT2D eigenvalue weighted by Crippen LogP contribution is -2.33. The molecule has 1 aromatic carbocycles. The van der Waals surface area contributed by atoms with Crippen molar-refractivity contribution < 1.29 is 5.11 Å². The van der Waals surface area contributed by atoms with Gasteiger partial charge in [0.1, 0.15) is 5.82 Å². The largest absolute Gasteiger partial charge is 0.360 e. The number of hydrogen-bond donors (Lipinski definition) is 3. The van der Waals surface area contributed by atoms with Gasteiger partial charge in [-0.3, -0.25) is 4.68 Å². The van der Waals surface area contributed by atoms with Crippen LogP contribution in [0.2, 0.25) is 5.02 Å². The van der Waals surface area contributed by atoms with Gasteiger partial charge in [0, 0.05) is 54.9 Å². The van der Waals surface area contributed by atoms with Gasteiger partial charge in [-0.15, -0.1) is 0 Å². The minimum Gasteiger partial charge on any atom is -0.360 e. The van der Waals surface area contributed by atoms with Gasteiger partial charge >= 0.3 is 0 Å². The molecule has 0 saturated carbocycles. The normalized spacial score (nSPS) is 16.7. The van der Waals surface area contributed by atoms with E-state index in [1.807, 2.05) is 60.0 Å². The van der Waals surface area contributed by atoms with Crippen LogP contribution in [0.15, 0.2) is 55.0 Å². The van der Waals surface area contributed by atoms with Gasteiger partial charge in [-0.25, -0.2) is 14.9 Å². The molecule has 1 unspecified atom stereocenters. The first-order valence-corrected chi connectivity index (χ1v) is 11.0. The van der Waals surface area contributed by atoms with E-state index in [1.165, 1.54) is 0 Å². The van der Waals surface area contributed by atoms with E-state index in [0.717, 1.165) is 33.9 Å². The molecular weight excluding hydrogens is 440 g/mol. The maximum atomic E-state index is 11.1. The summed E-state index contributed by atoms with van der Waals surface area (Å²) < 4.78 is 3.58. The van der Waals surface area contributed by atoms with Gasteiger partial charge in [0.25, 0.3) is 0 Å². The summed E-state index contributed by atoms with van der Waals surface area (Å²) in [5, 5.41) is 19.1. The summed E-state index contributed by atoms with van der Waals surface area (Å²) in [7, 11) is 1.85. The highest BCUT2D eigenvalue weighted by atomic mass is 35.5. The summed E-state index contributed by atoms with van der Waals surface area (Å²) in [5.74, 6) is 1.28. The Morgan fingerprint density at radius 1 is 1.30 bits per heavy atom. The number of nitrogens with one attached hydrogen (secondary N) is 1. The monoisotopic (exact) mass is 464 g/mol. The molecule has 4 aromatic rings. The fraction of sp³-hybridized carbons (Fsp3) is 0.261. The molecule has 9 nitrogen and oxygen atoms in total. The average Bonchev–Trinajstić information content (AvgIpc) is 3.47. The van der Waals surface area contributed by atoms with Crippen molar-refractivity contribution in [1.82, 2.24) is 29.2 Å². The lowest BCUT2D eigenvalue weighted by Gasteiger charge is -2.30. The van der Waals surface area contributed by atoms with E-state index in [1.54, 1.807) is 17.1 Å². The Labute approximate surface area is 196 Å². The Hall–Kier alpha value is -3.24. The van der Waals surface area contributed by atoms with Gasteiger partial charge in [-0.1, -0.05) is 23.7 Å². The Morgan fingerprint density at radius 2 is 2.15 bits per heavy atom. The lowest BCUT2D eigenvalue weighted by molar-refractivity contribution is -0.0577. The van der Waals surface area contributed by atoms with Gasteiger partial charge in [0.05, 0.1) is 17.9 Å². The van der Waals surface area contributed by atoms with E-state index in [2.05, 4.69) is 21.5 Å². The van der Waals surface area contributed by atoms with E-state index in [4.69, 9.17) is 22.3 Å². The van der Waals surface area contributed by atoms with E-state index >= 15 is 0 Å². The van der Waals surface area contributed by atoms with Crippen LogP contribution in [0.5, 0.6) is 0 Å². The third kappa shape index (κ3) is 4.00. The second kappa shape index (κ2) is 8.60. The fourth-order valence-electron chi connectivity index (χ4n) is 4.28. The molecule has 5 rings (SSSR count). The zero-order valence-corrected chi connectivity index (χ0v) is 19.1. The topological polar surface area (TPSA) is 110 Å². The number of aromatic nitrogens is 5. The first kappa shape index (κ1) is 21.6. The molecule has 0 bridgehead atoms. The van der Waals surface area contributed by atoms with Gasteiger partial charge < -0.3 is 20.7 Å². The number of rotatable bonds is 6. The van der Waals surface area contributed by atoms with Crippen molar-refractivity contribution in [3.8, 4) is 11.3 Å². The van der Waals surface area contributed by atoms with Crippen LogP contribution in [0, 0.1) is 6.92 Å². The van der Waals surface area contributed by atoms with Crippen LogP contribution in [0.4, 0.5) is 11.8 Å². The minimum atomic E-state index is -0.838. The van der Waals surface area contributed by atoms with Crippen molar-refractivity contribution in [2.24, 2.45) is 12.8 Å². The molecule has 0 radical (unpaired) electrons. The number of benzene rings is 1. The van der Waals surface area contributed by atoms with Crippen LogP contribution in [0.25, 0.3) is 11.3 Å². The zero-order chi connectivity index (χ0) is 23.1. The highest BCUT2D eigenvalue weighted by Gasteiger charge is 2.34. The van der Waals surface area contributed by atoms with Crippen molar-refractivity contribution in [2.75, 3.05) is 11.9 Å². The van der Waals surface area contributed by atoms with Crippen molar-refractivity contribution in [3.63, 3.8) is 0 Å². The lowest BCUT2D eigenvalue weighted by atomic mass is 10.1.